The minimum Gasteiger partial charge on any atom is -0.464 e. The molecule has 0 aliphatic rings. The number of nitrogens with two attached hydrogens (primary N) is 1. The van der Waals surface area contributed by atoms with Gasteiger partial charge in [-0.2, -0.15) is 0 Å². The summed E-state index contributed by atoms with van der Waals surface area (Å²) >= 11 is -1.95. The lowest BCUT2D eigenvalue weighted by atomic mass is 11.3. The highest BCUT2D eigenvalue weighted by Gasteiger charge is 1.92. The Morgan fingerprint density at radius 2 is 2.29 bits per heavy atom. The van der Waals surface area contributed by atoms with E-state index in [4.69, 9.17) is 5.11 Å². The molecule has 0 heterocycles. The van der Waals surface area contributed by atoms with Gasteiger partial charge in [-0.1, -0.05) is 0 Å². The molecule has 7 heavy (non-hydrogen) atoms. The Kier molecular flexibility index (Phi) is 2.31. The van der Waals surface area contributed by atoms with Crippen molar-refractivity contribution < 1.29 is 14.1 Å². The van der Waals surface area contributed by atoms with Crippen molar-refractivity contribution in [3.8, 4) is 0 Å². The Hall–Kier alpha value is -0.620. The molecule has 0 aliphatic carbocycles. The number of carboxylic acid groups (broad SMARTS) is 1. The molecular formula is CH4N2O3S. The minimum absolute atomic E-state index is 1.39. The van der Waals surface area contributed by atoms with E-state index in [1.54, 1.807) is 0 Å². The van der Waals surface area contributed by atoms with Crippen LogP contribution in [0, 0.1) is 0 Å². The number of hydrogen-bond donors (Lipinski definition) is 3. The summed E-state index contributed by atoms with van der Waals surface area (Å²) in [6.45, 7) is 0. The van der Waals surface area contributed by atoms with Crippen LogP contribution in [0.4, 0.5) is 4.79 Å². The Morgan fingerprint density at radius 3 is 2.29 bits per heavy atom. The maximum Gasteiger partial charge on any atom is 0.417 e. The van der Waals surface area contributed by atoms with Crippen LogP contribution >= 0.6 is 0 Å². The van der Waals surface area contributed by atoms with Crippen molar-refractivity contribution in [1.82, 2.24) is 4.72 Å². The molecule has 0 saturated carbocycles. The quantitative estimate of drug-likeness (QED) is 0.409. The summed E-state index contributed by atoms with van der Waals surface area (Å²) in [5.41, 5.74) is 0. The summed E-state index contributed by atoms with van der Waals surface area (Å²) in [5, 5.41) is 12.2. The Morgan fingerprint density at radius 1 is 1.86 bits per heavy atom. The summed E-state index contributed by atoms with van der Waals surface area (Å²) in [4.78, 5) is 9.43. The van der Waals surface area contributed by atoms with Crippen molar-refractivity contribution in [2.24, 2.45) is 5.14 Å². The lowest BCUT2D eigenvalue weighted by Gasteiger charge is -1.87. The first-order valence-electron chi connectivity index (χ1n) is 1.28. The van der Waals surface area contributed by atoms with Crippen molar-refractivity contribution in [3.63, 3.8) is 0 Å². The second-order valence-corrected chi connectivity index (χ2v) is 1.50. The van der Waals surface area contributed by atoms with Gasteiger partial charge in [-0.25, -0.2) is 18.9 Å². The van der Waals surface area contributed by atoms with Crippen LogP contribution < -0.4 is 9.86 Å². The van der Waals surface area contributed by atoms with E-state index in [2.05, 4.69) is 5.14 Å². The molecule has 0 bridgehead atoms. The molecule has 0 radical (unpaired) electrons. The van der Waals surface area contributed by atoms with E-state index < -0.39 is 17.3 Å². The lowest BCUT2D eigenvalue weighted by molar-refractivity contribution is 0.201. The van der Waals surface area contributed by atoms with Crippen molar-refractivity contribution in [1.29, 1.82) is 0 Å². The first-order chi connectivity index (χ1) is 3.13. The predicted molar refractivity (Wildman–Crippen MR) is 23.5 cm³/mol. The molecule has 0 aromatic carbocycles. The number of rotatable bonds is 1. The average Bonchev–Trinajstić information content (AvgIpc) is 1.27. The summed E-state index contributed by atoms with van der Waals surface area (Å²) in [6.07, 6.45) is -1.39. The zero-order chi connectivity index (χ0) is 5.86. The van der Waals surface area contributed by atoms with Gasteiger partial charge in [0, 0.05) is 0 Å². The van der Waals surface area contributed by atoms with Gasteiger partial charge >= 0.3 is 6.09 Å². The summed E-state index contributed by atoms with van der Waals surface area (Å²) in [7, 11) is 0. The molecule has 1 unspecified atom stereocenters. The van der Waals surface area contributed by atoms with Crippen LogP contribution in [0.3, 0.4) is 0 Å². The Labute approximate surface area is 42.2 Å². The first-order valence-corrected chi connectivity index (χ1v) is 2.50. The molecule has 4 N–H and O–H groups in total. The normalized spacial score (nSPS) is 12.7. The lowest BCUT2D eigenvalue weighted by Crippen LogP contribution is -2.28. The second kappa shape index (κ2) is 2.54. The average molecular weight is 124 g/mol. The van der Waals surface area contributed by atoms with E-state index in [9.17, 15) is 9.00 Å². The van der Waals surface area contributed by atoms with E-state index >= 15 is 0 Å². The van der Waals surface area contributed by atoms with Crippen molar-refractivity contribution in [3.05, 3.63) is 0 Å². The predicted octanol–water partition coefficient (Wildman–Crippen LogP) is -1.21. The van der Waals surface area contributed by atoms with E-state index in [1.807, 2.05) is 0 Å². The molecule has 6 heteroatoms. The van der Waals surface area contributed by atoms with Gasteiger partial charge in [0.05, 0.1) is 0 Å². The maximum absolute atomic E-state index is 9.65. The summed E-state index contributed by atoms with van der Waals surface area (Å²) in [5.74, 6) is 0. The highest BCUT2D eigenvalue weighted by atomic mass is 32.2. The van der Waals surface area contributed by atoms with Crippen molar-refractivity contribution in [2.45, 2.75) is 0 Å². The molecule has 0 aromatic rings. The monoisotopic (exact) mass is 124 g/mol. The third-order valence-corrected chi connectivity index (χ3v) is 0.564. The molecule has 1 atom stereocenters. The third-order valence-electron chi connectivity index (χ3n) is 0.188. The fourth-order valence-electron chi connectivity index (χ4n) is 0.0861. The number of carbonyl (C=O) groups is 1. The summed E-state index contributed by atoms with van der Waals surface area (Å²) < 4.78 is 11.1. The largest absolute Gasteiger partial charge is 0.464 e. The van der Waals surface area contributed by atoms with Gasteiger partial charge in [0.1, 0.15) is 0 Å². The van der Waals surface area contributed by atoms with Gasteiger partial charge in [-0.15, -0.1) is 0 Å². The Balaban J connectivity index is 3.32. The second-order valence-electron chi connectivity index (χ2n) is 0.705. The fourth-order valence-corrected chi connectivity index (χ4v) is 0.258. The number of hydrogen-bond acceptors (Lipinski definition) is 2. The first kappa shape index (κ1) is 6.38. The van der Waals surface area contributed by atoms with Crippen LogP contribution in [0.2, 0.25) is 0 Å². The summed E-state index contributed by atoms with van der Waals surface area (Å²) in [6, 6.07) is 0. The van der Waals surface area contributed by atoms with Crippen molar-refractivity contribution >= 4 is 17.3 Å². The van der Waals surface area contributed by atoms with Crippen LogP contribution in [-0.2, 0) is 11.2 Å². The molecule has 0 fully saturated rings. The molecule has 0 saturated heterocycles. The topological polar surface area (TPSA) is 92.4 Å². The van der Waals surface area contributed by atoms with Crippen LogP contribution in [-0.4, -0.2) is 15.4 Å². The van der Waals surface area contributed by atoms with E-state index in [1.165, 1.54) is 4.72 Å². The van der Waals surface area contributed by atoms with Crippen LogP contribution in [0.1, 0.15) is 0 Å². The molecule has 0 aromatic heterocycles. The third kappa shape index (κ3) is 5.38. The van der Waals surface area contributed by atoms with Gasteiger partial charge in [0.15, 0.2) is 11.2 Å². The van der Waals surface area contributed by atoms with Crippen LogP contribution in [0.15, 0.2) is 0 Å². The van der Waals surface area contributed by atoms with Gasteiger partial charge < -0.3 is 5.11 Å². The van der Waals surface area contributed by atoms with Gasteiger partial charge in [0.25, 0.3) is 0 Å². The van der Waals surface area contributed by atoms with Crippen LogP contribution in [0.5, 0.6) is 0 Å². The molecule has 0 rings (SSSR count). The maximum atomic E-state index is 9.65. The highest BCUT2D eigenvalue weighted by molar-refractivity contribution is 7.81. The molecule has 1 amide bonds. The zero-order valence-corrected chi connectivity index (χ0v) is 4.07. The van der Waals surface area contributed by atoms with Gasteiger partial charge in [0.2, 0.25) is 0 Å². The number of nitrogens with one attached hydrogen (secondary N) is 1. The standard InChI is InChI=1S/CH4N2O3S/c2-7(6)3-1(4)5/h3H,2H2,(H,4,5). The molecule has 0 aliphatic heterocycles. The highest BCUT2D eigenvalue weighted by Crippen LogP contribution is 1.57. The van der Waals surface area contributed by atoms with Crippen LogP contribution in [0.25, 0.3) is 0 Å². The SMILES string of the molecule is NS(=O)NC(=O)O. The molecule has 5 nitrogen and oxygen atoms in total. The molecule has 42 valence electrons. The van der Waals surface area contributed by atoms with Gasteiger partial charge in [-0.05, 0) is 0 Å². The smallest absolute Gasteiger partial charge is 0.417 e. The van der Waals surface area contributed by atoms with E-state index in [0.29, 0.717) is 0 Å². The number of amides is 1. The molecular weight excluding hydrogens is 120 g/mol. The Bertz CT molecular complexity index is 89.1. The van der Waals surface area contributed by atoms with Crippen molar-refractivity contribution in [2.75, 3.05) is 0 Å². The van der Waals surface area contributed by atoms with Gasteiger partial charge in [-0.3, -0.25) is 0 Å². The molecule has 0 spiro atoms. The fraction of sp³-hybridized carbons (Fsp3) is 0. The minimum atomic E-state index is -1.95. The van der Waals surface area contributed by atoms with E-state index in [-0.39, 0.29) is 0 Å². The van der Waals surface area contributed by atoms with E-state index in [0.717, 1.165) is 0 Å². The zero-order valence-electron chi connectivity index (χ0n) is 3.25.